The third-order valence-corrected chi connectivity index (χ3v) is 4.81. The summed E-state index contributed by atoms with van der Waals surface area (Å²) in [7, 11) is 3.94. The van der Waals surface area contributed by atoms with E-state index in [1.165, 1.54) is 6.92 Å². The molecule has 0 aliphatic carbocycles. The number of amides is 2. The fourth-order valence-corrected chi connectivity index (χ4v) is 3.16. The van der Waals surface area contributed by atoms with E-state index in [4.69, 9.17) is 0 Å². The second-order valence-electron chi connectivity index (χ2n) is 7.57. The number of carbonyl (C=O) groups excluding carboxylic acids is 2. The van der Waals surface area contributed by atoms with E-state index in [2.05, 4.69) is 19.2 Å². The average Bonchev–Trinajstić information content (AvgIpc) is 2.63. The summed E-state index contributed by atoms with van der Waals surface area (Å²) in [6, 6.07) is 13.8. The van der Waals surface area contributed by atoms with E-state index in [1.807, 2.05) is 68.4 Å². The van der Waals surface area contributed by atoms with Crippen molar-refractivity contribution in [2.45, 2.75) is 40.0 Å². The Morgan fingerprint density at radius 1 is 1.00 bits per heavy atom. The van der Waals surface area contributed by atoms with Gasteiger partial charge in [0.2, 0.25) is 11.8 Å². The number of carbonyl (C=O) groups is 2. The fourth-order valence-electron chi connectivity index (χ4n) is 3.16. The van der Waals surface area contributed by atoms with Crippen LogP contribution < -0.4 is 15.1 Å². The van der Waals surface area contributed by atoms with Gasteiger partial charge in [0.25, 0.3) is 0 Å². The Bertz CT molecular complexity index is 826. The monoisotopic (exact) mass is 381 g/mol. The zero-order valence-corrected chi connectivity index (χ0v) is 17.7. The van der Waals surface area contributed by atoms with Gasteiger partial charge < -0.3 is 15.1 Å². The number of rotatable bonds is 7. The minimum atomic E-state index is -0.0904. The van der Waals surface area contributed by atoms with E-state index in [9.17, 15) is 9.59 Å². The zero-order chi connectivity index (χ0) is 20.8. The molecule has 0 atom stereocenters. The van der Waals surface area contributed by atoms with Crippen molar-refractivity contribution in [2.24, 2.45) is 0 Å². The van der Waals surface area contributed by atoms with Crippen molar-refractivity contribution >= 4 is 28.9 Å². The van der Waals surface area contributed by atoms with Gasteiger partial charge in [-0.15, -0.1) is 0 Å². The van der Waals surface area contributed by atoms with E-state index in [-0.39, 0.29) is 18.2 Å². The van der Waals surface area contributed by atoms with Gasteiger partial charge in [0.05, 0.1) is 0 Å². The molecular weight excluding hydrogens is 350 g/mol. The summed E-state index contributed by atoms with van der Waals surface area (Å²) in [6.45, 7) is 8.08. The van der Waals surface area contributed by atoms with Gasteiger partial charge >= 0.3 is 0 Å². The lowest BCUT2D eigenvalue weighted by atomic mass is 9.98. The fraction of sp³-hybridized carbons (Fsp3) is 0.391. The molecule has 1 N–H and O–H groups in total. The van der Waals surface area contributed by atoms with Crippen LogP contribution in [-0.2, 0) is 9.59 Å². The molecule has 28 heavy (non-hydrogen) atoms. The van der Waals surface area contributed by atoms with Crippen LogP contribution in [0.2, 0.25) is 0 Å². The number of nitrogens with one attached hydrogen (secondary N) is 1. The maximum Gasteiger partial charge on any atom is 0.226 e. The average molecular weight is 382 g/mol. The van der Waals surface area contributed by atoms with Gasteiger partial charge in [0.1, 0.15) is 0 Å². The normalized spacial score (nSPS) is 10.7. The van der Waals surface area contributed by atoms with Crippen molar-refractivity contribution in [3.05, 3.63) is 53.6 Å². The van der Waals surface area contributed by atoms with Crippen LogP contribution in [0.15, 0.2) is 42.5 Å². The molecule has 0 bridgehead atoms. The molecule has 0 spiro atoms. The number of aryl methyl sites for hydroxylation is 1. The Balaban J connectivity index is 2.08. The smallest absolute Gasteiger partial charge is 0.226 e. The molecule has 0 aliphatic rings. The van der Waals surface area contributed by atoms with Crippen molar-refractivity contribution in [3.8, 4) is 0 Å². The van der Waals surface area contributed by atoms with Crippen LogP contribution in [0, 0.1) is 6.92 Å². The minimum Gasteiger partial charge on any atom is -0.378 e. The summed E-state index contributed by atoms with van der Waals surface area (Å²) in [5.41, 5.74) is 4.90. The van der Waals surface area contributed by atoms with Crippen molar-refractivity contribution < 1.29 is 9.59 Å². The van der Waals surface area contributed by atoms with E-state index in [0.29, 0.717) is 12.5 Å². The first kappa shape index (κ1) is 21.5. The van der Waals surface area contributed by atoms with Gasteiger partial charge in [-0.1, -0.05) is 32.0 Å². The van der Waals surface area contributed by atoms with Crippen LogP contribution >= 0.6 is 0 Å². The number of nitrogens with zero attached hydrogens (tertiary/aromatic N) is 2. The molecule has 150 valence electrons. The highest BCUT2D eigenvalue weighted by atomic mass is 16.2. The molecule has 0 radical (unpaired) electrons. The van der Waals surface area contributed by atoms with E-state index in [0.717, 1.165) is 28.2 Å². The Kier molecular flexibility index (Phi) is 7.21. The summed E-state index contributed by atoms with van der Waals surface area (Å²) < 4.78 is 0. The van der Waals surface area contributed by atoms with E-state index < -0.39 is 0 Å². The van der Waals surface area contributed by atoms with E-state index >= 15 is 0 Å². The van der Waals surface area contributed by atoms with Crippen LogP contribution in [0.4, 0.5) is 17.1 Å². The third kappa shape index (κ3) is 5.35. The van der Waals surface area contributed by atoms with Gasteiger partial charge in [-0.3, -0.25) is 9.59 Å². The predicted octanol–water partition coefficient (Wildman–Crippen LogP) is 4.57. The summed E-state index contributed by atoms with van der Waals surface area (Å²) in [5.74, 6) is 0.149. The molecule has 0 unspecified atom stereocenters. The van der Waals surface area contributed by atoms with Crippen molar-refractivity contribution in [1.82, 2.24) is 0 Å². The van der Waals surface area contributed by atoms with Gasteiger partial charge in [0, 0.05) is 51.0 Å². The highest BCUT2D eigenvalue weighted by Gasteiger charge is 2.16. The number of anilines is 3. The highest BCUT2D eigenvalue weighted by Crippen LogP contribution is 2.27. The molecule has 5 nitrogen and oxygen atoms in total. The van der Waals surface area contributed by atoms with Crippen LogP contribution in [-0.4, -0.2) is 32.5 Å². The first-order valence-corrected chi connectivity index (χ1v) is 9.65. The largest absolute Gasteiger partial charge is 0.378 e. The Morgan fingerprint density at radius 3 is 2.14 bits per heavy atom. The number of hydrogen-bond donors (Lipinski definition) is 1. The SMILES string of the molecule is CC(=O)N(CCC(=O)Nc1c(C)cccc1C(C)C)c1ccc(N(C)C)cc1. The first-order chi connectivity index (χ1) is 13.2. The van der Waals surface area contributed by atoms with Crippen molar-refractivity contribution in [2.75, 3.05) is 35.8 Å². The van der Waals surface area contributed by atoms with Crippen LogP contribution in [0.25, 0.3) is 0 Å². The topological polar surface area (TPSA) is 52.7 Å². The molecule has 2 aromatic rings. The molecule has 0 heterocycles. The standard InChI is InChI=1S/C23H31N3O2/c1-16(2)21-9-7-8-17(3)23(21)24-22(28)14-15-26(18(4)27)20-12-10-19(11-13-20)25(5)6/h7-13,16H,14-15H2,1-6H3,(H,24,28). The Hall–Kier alpha value is -2.82. The molecule has 0 aromatic heterocycles. The van der Waals surface area contributed by atoms with Crippen LogP contribution in [0.1, 0.15) is 44.2 Å². The van der Waals surface area contributed by atoms with Gasteiger partial charge in [-0.25, -0.2) is 0 Å². The predicted molar refractivity (Wildman–Crippen MR) is 117 cm³/mol. The molecular formula is C23H31N3O2. The minimum absolute atomic E-state index is 0.0795. The summed E-state index contributed by atoms with van der Waals surface area (Å²) in [6.07, 6.45) is 0.237. The van der Waals surface area contributed by atoms with E-state index in [1.54, 1.807) is 4.90 Å². The number of hydrogen-bond acceptors (Lipinski definition) is 3. The summed E-state index contributed by atoms with van der Waals surface area (Å²) in [5, 5.41) is 3.05. The molecule has 2 aromatic carbocycles. The maximum absolute atomic E-state index is 12.6. The quantitative estimate of drug-likeness (QED) is 0.764. The van der Waals surface area contributed by atoms with Gasteiger partial charge in [0.15, 0.2) is 0 Å². The Labute approximate surface area is 168 Å². The molecule has 0 fully saturated rings. The zero-order valence-electron chi connectivity index (χ0n) is 17.7. The third-order valence-electron chi connectivity index (χ3n) is 4.81. The number of para-hydroxylation sites is 1. The second-order valence-corrected chi connectivity index (χ2v) is 7.57. The van der Waals surface area contributed by atoms with Gasteiger partial charge in [-0.2, -0.15) is 0 Å². The van der Waals surface area contributed by atoms with Crippen molar-refractivity contribution in [3.63, 3.8) is 0 Å². The lowest BCUT2D eigenvalue weighted by molar-refractivity contribution is -0.117. The first-order valence-electron chi connectivity index (χ1n) is 9.65. The second kappa shape index (κ2) is 9.40. The maximum atomic E-state index is 12.6. The van der Waals surface area contributed by atoms with Crippen LogP contribution in [0.5, 0.6) is 0 Å². The lowest BCUT2D eigenvalue weighted by Gasteiger charge is -2.23. The summed E-state index contributed by atoms with van der Waals surface area (Å²) in [4.78, 5) is 28.3. The molecule has 0 saturated heterocycles. The molecule has 2 amide bonds. The Morgan fingerprint density at radius 2 is 1.61 bits per heavy atom. The molecule has 0 aliphatic heterocycles. The highest BCUT2D eigenvalue weighted by molar-refractivity contribution is 5.95. The van der Waals surface area contributed by atoms with Crippen LogP contribution in [0.3, 0.4) is 0 Å². The lowest BCUT2D eigenvalue weighted by Crippen LogP contribution is -2.32. The molecule has 0 saturated carbocycles. The van der Waals surface area contributed by atoms with Gasteiger partial charge in [-0.05, 0) is 48.2 Å². The molecule has 2 rings (SSSR count). The summed E-state index contributed by atoms with van der Waals surface area (Å²) >= 11 is 0. The molecule has 5 heteroatoms. The number of benzene rings is 2. The van der Waals surface area contributed by atoms with Crippen molar-refractivity contribution in [1.29, 1.82) is 0 Å².